The molecule has 15 atom stereocenters. The minimum absolute atomic E-state index is 0.0226. The first kappa shape index (κ1) is 87.6. The number of amides is 4. The minimum Gasteiger partial charge on any atom is -0.494 e. The molecular formula is C79H92Cl2N6O28. The molecule has 1 aromatic heterocycles. The van der Waals surface area contributed by atoms with E-state index < -0.39 is 195 Å². The molecule has 620 valence electrons. The van der Waals surface area contributed by atoms with Gasteiger partial charge in [-0.15, -0.1) is 0 Å². The lowest BCUT2D eigenvalue weighted by Crippen LogP contribution is -2.65. The van der Waals surface area contributed by atoms with Gasteiger partial charge in [-0.2, -0.15) is 0 Å². The summed E-state index contributed by atoms with van der Waals surface area (Å²) < 4.78 is 71.2. The van der Waals surface area contributed by atoms with E-state index in [2.05, 4.69) is 26.3 Å². The Balaban J connectivity index is 0.821. The van der Waals surface area contributed by atoms with Gasteiger partial charge >= 0.3 is 29.6 Å². The van der Waals surface area contributed by atoms with Crippen LogP contribution in [0.15, 0.2) is 131 Å². The Hall–Kier alpha value is -9.76. The second-order valence-corrected chi connectivity index (χ2v) is 28.7. The number of benzene rings is 5. The van der Waals surface area contributed by atoms with E-state index in [9.17, 15) is 78.6 Å². The van der Waals surface area contributed by atoms with Crippen LogP contribution in [0.2, 0.25) is 10.0 Å². The third kappa shape index (κ3) is 23.7. The zero-order valence-electron chi connectivity index (χ0n) is 62.8. The molecule has 2 saturated heterocycles. The molecule has 36 heteroatoms. The monoisotopic (exact) mass is 1640 g/mol. The maximum absolute atomic E-state index is 14.6. The highest BCUT2D eigenvalue weighted by Gasteiger charge is 2.55. The number of carbonyl (C=O) groups excluding carboxylic acids is 7. The summed E-state index contributed by atoms with van der Waals surface area (Å²) in [5.41, 5.74) is -1.11. The number of carboxylic acid groups (broad SMARTS) is 1. The third-order valence-electron chi connectivity index (χ3n) is 19.8. The van der Waals surface area contributed by atoms with Gasteiger partial charge in [-0.3, -0.25) is 29.0 Å². The van der Waals surface area contributed by atoms with Crippen molar-refractivity contribution in [2.75, 3.05) is 60.3 Å². The van der Waals surface area contributed by atoms with Gasteiger partial charge < -0.3 is 114 Å². The predicted octanol–water partition coefficient (Wildman–Crippen LogP) is 3.49. The van der Waals surface area contributed by atoms with Gasteiger partial charge in [0.15, 0.2) is 36.3 Å². The summed E-state index contributed by atoms with van der Waals surface area (Å²) in [7, 11) is 2.61. The van der Waals surface area contributed by atoms with Gasteiger partial charge in [0, 0.05) is 25.1 Å². The molecular weight excluding hydrogens is 1550 g/mol. The molecule has 115 heavy (non-hydrogen) atoms. The molecule has 2 saturated carbocycles. The van der Waals surface area contributed by atoms with Gasteiger partial charge in [0.05, 0.1) is 73.9 Å². The second-order valence-electron chi connectivity index (χ2n) is 27.9. The molecule has 0 bridgehead atoms. The van der Waals surface area contributed by atoms with Crippen LogP contribution in [0.3, 0.4) is 0 Å². The van der Waals surface area contributed by atoms with Crippen molar-refractivity contribution >= 4 is 70.7 Å². The first-order valence-corrected chi connectivity index (χ1v) is 38.0. The maximum Gasteiger partial charge on any atom is 0.342 e. The van der Waals surface area contributed by atoms with Crippen LogP contribution in [0.4, 0.5) is 0 Å². The van der Waals surface area contributed by atoms with E-state index in [0.717, 1.165) is 25.3 Å². The smallest absolute Gasteiger partial charge is 0.342 e. The summed E-state index contributed by atoms with van der Waals surface area (Å²) in [5.74, 6) is -8.84. The second kappa shape index (κ2) is 42.2. The highest BCUT2D eigenvalue weighted by Crippen LogP contribution is 2.41. The lowest BCUT2D eigenvalue weighted by atomic mass is 9.80. The van der Waals surface area contributed by atoms with Crippen LogP contribution in [-0.4, -0.2) is 234 Å². The molecule has 4 amide bonds. The van der Waals surface area contributed by atoms with Crippen molar-refractivity contribution in [2.24, 2.45) is 11.8 Å². The van der Waals surface area contributed by atoms with Crippen molar-refractivity contribution in [3.05, 3.63) is 197 Å². The minimum atomic E-state index is -2.01. The molecule has 4 fully saturated rings. The largest absolute Gasteiger partial charge is 0.494 e. The van der Waals surface area contributed by atoms with Crippen molar-refractivity contribution in [3.63, 3.8) is 0 Å². The van der Waals surface area contributed by atoms with Gasteiger partial charge in [0.25, 0.3) is 11.5 Å². The van der Waals surface area contributed by atoms with Gasteiger partial charge in [-0.05, 0) is 90.8 Å². The fourth-order valence-electron chi connectivity index (χ4n) is 14.0. The number of hydrogen-bond donors (Lipinski definition) is 12. The first-order chi connectivity index (χ1) is 55.3. The molecule has 14 unspecified atom stereocenters. The Kier molecular flexibility index (Phi) is 32.2. The molecule has 2 aliphatic carbocycles. The number of aliphatic carboxylic acids is 1. The molecule has 6 aromatic rings. The normalized spacial score (nSPS) is 23.8. The van der Waals surface area contributed by atoms with E-state index in [1.807, 2.05) is 4.98 Å². The van der Waals surface area contributed by atoms with Crippen molar-refractivity contribution in [3.8, 4) is 11.5 Å². The Morgan fingerprint density at radius 3 is 1.76 bits per heavy atom. The summed E-state index contributed by atoms with van der Waals surface area (Å²) >= 11 is 13.6. The molecule has 5 aromatic carbocycles. The number of nitrogens with one attached hydrogen (secondary N) is 6. The van der Waals surface area contributed by atoms with Crippen LogP contribution < -0.4 is 42.0 Å². The van der Waals surface area contributed by atoms with Gasteiger partial charge in [-0.25, -0.2) is 24.0 Å². The molecule has 3 heterocycles. The van der Waals surface area contributed by atoms with E-state index in [1.54, 1.807) is 66.7 Å². The number of aromatic nitrogens is 2. The summed E-state index contributed by atoms with van der Waals surface area (Å²) in [4.78, 5) is 140. The van der Waals surface area contributed by atoms with Gasteiger partial charge in [-0.1, -0.05) is 134 Å². The van der Waals surface area contributed by atoms with Crippen LogP contribution >= 0.6 is 23.2 Å². The van der Waals surface area contributed by atoms with Crippen LogP contribution in [0.25, 0.3) is 0 Å². The van der Waals surface area contributed by atoms with Crippen LogP contribution in [0, 0.1) is 11.8 Å². The number of methoxy groups -OCH3 is 2. The number of ether oxygens (including phenoxy) is 12. The van der Waals surface area contributed by atoms with E-state index >= 15 is 0 Å². The Bertz CT molecular complexity index is 4280. The van der Waals surface area contributed by atoms with Crippen LogP contribution in [0.1, 0.15) is 128 Å². The molecule has 0 radical (unpaired) electrons. The quantitative estimate of drug-likeness (QED) is 0.0152. The Labute approximate surface area is 668 Å². The fraction of sp³-hybridized carbons (Fsp3) is 0.468. The zero-order valence-corrected chi connectivity index (χ0v) is 64.3. The first-order valence-electron chi connectivity index (χ1n) is 37.2. The van der Waals surface area contributed by atoms with E-state index in [0.29, 0.717) is 24.0 Å². The third-order valence-corrected chi connectivity index (χ3v) is 20.4. The SMILES string of the molecule is COc1c(Cl)cc(C(NC(=O)COCCOCC(=O)NCCNC(=O)C2CC(NC(=O)c3cc(=O)[nH]c(=O)[nH]3)C(OC3OC(C)C(O)C(O)C3O)C(OC3OC(CO)C(O)C(O[C@@H](CC4CCCCC4)C(=O)O)C3OC(=O)c3ccccc3)C2)c2cc(Cl)c(OC)c(C(=O)OCc3ccccc3)c2)cc1C(=O)OCc1ccccc1. The average molecular weight is 1640 g/mol. The van der Waals surface area contributed by atoms with E-state index in [1.165, 1.54) is 69.7 Å². The maximum atomic E-state index is 14.6. The van der Waals surface area contributed by atoms with E-state index in [-0.39, 0.29) is 101 Å². The number of carbonyl (C=O) groups is 8. The lowest BCUT2D eigenvalue weighted by Gasteiger charge is -2.48. The summed E-state index contributed by atoms with van der Waals surface area (Å²) in [6, 6.07) is 28.9. The number of halogens is 2. The number of H-pyrrole nitrogens is 2. The number of aromatic amines is 2. The highest BCUT2D eigenvalue weighted by molar-refractivity contribution is 6.33. The molecule has 10 rings (SSSR count). The standard InChI is InChI=1S/C79H92Cl2N6O28/c1-41-62(92)64(94)65(95)77(110-41)115-68-53(84-72(97)54-35-58(89)87-79(103)85-54)33-48(34-55(68)112-78-70(114-74(100)45-22-14-7-15-23-45)69(63(93)57(36-88)113-78)111-56(73(98)99)28-42-16-8-4-9-17-42)71(96)83-25-24-82-59(90)39-106-26-27-107-40-60(91)86-61(46-29-49(66(104-2)51(80)31-46)75(101)108-37-43-18-10-5-11-19-43)47-30-50(67(105-3)52(81)32-47)76(102)109-38-44-20-12-6-13-21-44/h5-7,10-15,18-23,29-32,35,41-42,48,53,55-57,61-65,68-70,77-78,88,92-95H,4,8-9,16-17,24-28,33-34,36-40H2,1-3H3,(H,82,90)(H,83,96)(H,84,97)(H,86,91)(H,98,99)(H2,85,87,89,103)/t41?,48?,53?,55?,56-,57?,62?,63?,64?,65?,68?,69?,70?,77?,78?/m0/s1. The van der Waals surface area contributed by atoms with Crippen LogP contribution in [-0.2, 0) is 79.8 Å². The molecule has 4 aliphatic rings. The zero-order chi connectivity index (χ0) is 82.4. The highest BCUT2D eigenvalue weighted by atomic mass is 35.5. The molecule has 34 nitrogen and oxygen atoms in total. The van der Waals surface area contributed by atoms with E-state index in [4.69, 9.17) is 80.0 Å². The average Bonchev–Trinajstić information content (AvgIpc) is 0.775. The van der Waals surface area contributed by atoms with Crippen molar-refractivity contribution < 1.29 is 126 Å². The van der Waals surface area contributed by atoms with Crippen molar-refractivity contribution in [2.45, 2.75) is 163 Å². The number of carboxylic acids is 1. The van der Waals surface area contributed by atoms with Crippen LogP contribution in [0.5, 0.6) is 11.5 Å². The Morgan fingerprint density at radius 1 is 0.617 bits per heavy atom. The fourth-order valence-corrected chi connectivity index (χ4v) is 14.6. The van der Waals surface area contributed by atoms with Crippen molar-refractivity contribution in [1.82, 2.24) is 31.2 Å². The lowest BCUT2D eigenvalue weighted by molar-refractivity contribution is -0.347. The van der Waals surface area contributed by atoms with Gasteiger partial charge in [0.2, 0.25) is 17.7 Å². The van der Waals surface area contributed by atoms with Gasteiger partial charge in [0.1, 0.15) is 86.0 Å². The molecule has 2 aliphatic heterocycles. The summed E-state index contributed by atoms with van der Waals surface area (Å²) in [6.45, 7) is -1.93. The molecule has 0 spiro atoms. The number of esters is 3. The predicted molar refractivity (Wildman–Crippen MR) is 403 cm³/mol. The number of hydrogen-bond acceptors (Lipinski definition) is 27. The number of rotatable bonds is 36. The van der Waals surface area contributed by atoms with Crippen molar-refractivity contribution in [1.29, 1.82) is 0 Å². The molecule has 12 N–H and O–H groups in total. The Morgan fingerprint density at radius 2 is 1.19 bits per heavy atom. The number of aliphatic hydroxyl groups is 5. The number of aliphatic hydroxyl groups excluding tert-OH is 5. The summed E-state index contributed by atoms with van der Waals surface area (Å²) in [5, 5.41) is 77.2. The topological polar surface area (TPSA) is 483 Å². The summed E-state index contributed by atoms with van der Waals surface area (Å²) in [6.07, 6.45) is -19.8.